The molecule has 6 nitrogen and oxygen atoms in total. The number of nitrogens with zero attached hydrogens (tertiary/aromatic N) is 2. The Morgan fingerprint density at radius 3 is 2.80 bits per heavy atom. The number of aromatic amines is 1. The molecule has 2 heterocycles. The molecule has 3 rings (SSSR count). The maximum Gasteiger partial charge on any atom is 0.287 e. The normalized spacial score (nSPS) is 10.7. The van der Waals surface area contributed by atoms with Crippen molar-refractivity contribution >= 4 is 28.1 Å². The average Bonchev–Trinajstić information content (AvgIpc) is 2.78. The van der Waals surface area contributed by atoms with Crippen LogP contribution in [0.4, 0.5) is 17.2 Å². The molecule has 0 saturated carbocycles. The van der Waals surface area contributed by atoms with Crippen LogP contribution in [-0.4, -0.2) is 14.9 Å². The van der Waals surface area contributed by atoms with E-state index in [-0.39, 0.29) is 5.69 Å². The van der Waals surface area contributed by atoms with Crippen LogP contribution in [0.15, 0.2) is 42.6 Å². The largest absolute Gasteiger partial charge is 0.359 e. The fourth-order valence-electron chi connectivity index (χ4n) is 2.07. The van der Waals surface area contributed by atoms with Crippen molar-refractivity contribution in [3.63, 3.8) is 0 Å². The van der Waals surface area contributed by atoms with Gasteiger partial charge in [0.1, 0.15) is 12.0 Å². The number of H-pyrrole nitrogens is 1. The summed E-state index contributed by atoms with van der Waals surface area (Å²) in [7, 11) is 0. The predicted molar refractivity (Wildman–Crippen MR) is 77.2 cm³/mol. The van der Waals surface area contributed by atoms with E-state index in [2.05, 4.69) is 21.4 Å². The van der Waals surface area contributed by atoms with Gasteiger partial charge in [-0.25, -0.2) is 4.98 Å². The zero-order chi connectivity index (χ0) is 14.1. The summed E-state index contributed by atoms with van der Waals surface area (Å²) in [6.07, 6.45) is 1.24. The number of aromatic nitrogens is 2. The van der Waals surface area contributed by atoms with E-state index >= 15 is 0 Å². The molecule has 0 bridgehead atoms. The molecule has 3 aromatic rings. The van der Waals surface area contributed by atoms with Gasteiger partial charge in [0.15, 0.2) is 0 Å². The van der Waals surface area contributed by atoms with Crippen molar-refractivity contribution in [2.24, 2.45) is 0 Å². The third-order valence-electron chi connectivity index (χ3n) is 2.99. The van der Waals surface area contributed by atoms with Gasteiger partial charge in [0.25, 0.3) is 5.69 Å². The van der Waals surface area contributed by atoms with E-state index in [4.69, 9.17) is 0 Å². The molecule has 0 fully saturated rings. The summed E-state index contributed by atoms with van der Waals surface area (Å²) in [4.78, 5) is 17.4. The molecule has 6 heteroatoms. The van der Waals surface area contributed by atoms with E-state index in [1.54, 1.807) is 6.07 Å². The first kappa shape index (κ1) is 12.2. The minimum atomic E-state index is -0.467. The van der Waals surface area contributed by atoms with Crippen LogP contribution in [0, 0.1) is 17.0 Å². The van der Waals surface area contributed by atoms with Crippen molar-refractivity contribution < 1.29 is 4.92 Å². The van der Waals surface area contributed by atoms with Gasteiger partial charge in [-0.3, -0.25) is 10.1 Å². The fraction of sp³-hybridized carbons (Fsp3) is 0.0714. The number of benzene rings is 1. The predicted octanol–water partition coefficient (Wildman–Crippen LogP) is 3.52. The summed E-state index contributed by atoms with van der Waals surface area (Å²) in [5.74, 6) is 0.571. The standard InChI is InChI=1S/C14H12N4O2/c1-9-6-10-7-11(2-4-13(10)16-9)17-14-5-3-12(8-15-14)18(19)20/h2-8,16H,1H3,(H,15,17). The van der Waals surface area contributed by atoms with Crippen molar-refractivity contribution in [3.8, 4) is 0 Å². The van der Waals surface area contributed by atoms with Gasteiger partial charge >= 0.3 is 0 Å². The maximum atomic E-state index is 10.6. The highest BCUT2D eigenvalue weighted by atomic mass is 16.6. The minimum Gasteiger partial charge on any atom is -0.359 e. The molecule has 0 unspecified atom stereocenters. The lowest BCUT2D eigenvalue weighted by Gasteiger charge is -2.05. The Kier molecular flexibility index (Phi) is 2.83. The van der Waals surface area contributed by atoms with Gasteiger partial charge in [-0.1, -0.05) is 0 Å². The molecule has 0 amide bonds. The van der Waals surface area contributed by atoms with Gasteiger partial charge in [0.2, 0.25) is 0 Å². The molecule has 0 aliphatic heterocycles. The number of anilines is 2. The summed E-state index contributed by atoms with van der Waals surface area (Å²) in [6.45, 7) is 2.00. The lowest BCUT2D eigenvalue weighted by Crippen LogP contribution is -1.94. The Bertz CT molecular complexity index is 777. The summed E-state index contributed by atoms with van der Waals surface area (Å²) in [5, 5.41) is 14.8. The summed E-state index contributed by atoms with van der Waals surface area (Å²) in [6, 6.07) is 11.0. The molecule has 0 aliphatic carbocycles. The maximum absolute atomic E-state index is 10.6. The number of fused-ring (bicyclic) bond motifs is 1. The Morgan fingerprint density at radius 2 is 2.10 bits per heavy atom. The van der Waals surface area contributed by atoms with Crippen molar-refractivity contribution in [1.29, 1.82) is 0 Å². The van der Waals surface area contributed by atoms with Crippen LogP contribution in [-0.2, 0) is 0 Å². The Morgan fingerprint density at radius 1 is 1.25 bits per heavy atom. The Hall–Kier alpha value is -2.89. The molecule has 2 aromatic heterocycles. The fourth-order valence-corrected chi connectivity index (χ4v) is 2.07. The van der Waals surface area contributed by atoms with Crippen molar-refractivity contribution in [2.75, 3.05) is 5.32 Å². The van der Waals surface area contributed by atoms with Crippen LogP contribution in [0.1, 0.15) is 5.69 Å². The van der Waals surface area contributed by atoms with Crippen LogP contribution in [0.3, 0.4) is 0 Å². The number of nitrogens with one attached hydrogen (secondary N) is 2. The molecule has 2 N–H and O–H groups in total. The highest BCUT2D eigenvalue weighted by Gasteiger charge is 2.05. The second-order valence-electron chi connectivity index (χ2n) is 4.54. The molecular formula is C14H12N4O2. The van der Waals surface area contributed by atoms with Gasteiger partial charge in [0, 0.05) is 28.4 Å². The average molecular weight is 268 g/mol. The molecular weight excluding hydrogens is 256 g/mol. The number of pyridine rings is 1. The molecule has 0 spiro atoms. The number of hydrogen-bond acceptors (Lipinski definition) is 4. The van der Waals surface area contributed by atoms with E-state index in [9.17, 15) is 10.1 Å². The number of rotatable bonds is 3. The highest BCUT2D eigenvalue weighted by Crippen LogP contribution is 2.22. The van der Waals surface area contributed by atoms with E-state index < -0.39 is 4.92 Å². The summed E-state index contributed by atoms with van der Waals surface area (Å²) >= 11 is 0. The zero-order valence-electron chi connectivity index (χ0n) is 10.8. The van der Waals surface area contributed by atoms with E-state index in [0.29, 0.717) is 5.82 Å². The Balaban J connectivity index is 1.86. The Labute approximate surface area is 114 Å². The summed E-state index contributed by atoms with van der Waals surface area (Å²) < 4.78 is 0. The topological polar surface area (TPSA) is 83.8 Å². The highest BCUT2D eigenvalue weighted by molar-refractivity contribution is 5.84. The summed E-state index contributed by atoms with van der Waals surface area (Å²) in [5.41, 5.74) is 3.04. The number of aryl methyl sites for hydroxylation is 1. The molecule has 0 atom stereocenters. The molecule has 20 heavy (non-hydrogen) atoms. The van der Waals surface area contributed by atoms with Crippen molar-refractivity contribution in [2.45, 2.75) is 6.92 Å². The third-order valence-corrected chi connectivity index (χ3v) is 2.99. The SMILES string of the molecule is Cc1cc2cc(Nc3ccc([N+](=O)[O-])cn3)ccc2[nH]1. The van der Waals surface area contributed by atoms with Gasteiger partial charge in [-0.15, -0.1) is 0 Å². The van der Waals surface area contributed by atoms with Crippen LogP contribution in [0.2, 0.25) is 0 Å². The monoisotopic (exact) mass is 268 g/mol. The first-order valence-electron chi connectivity index (χ1n) is 6.09. The van der Waals surface area contributed by atoms with Crippen LogP contribution < -0.4 is 5.32 Å². The number of nitro groups is 1. The lowest BCUT2D eigenvalue weighted by atomic mass is 10.2. The van der Waals surface area contributed by atoms with Crippen LogP contribution >= 0.6 is 0 Å². The smallest absolute Gasteiger partial charge is 0.287 e. The lowest BCUT2D eigenvalue weighted by molar-refractivity contribution is -0.385. The van der Waals surface area contributed by atoms with Gasteiger partial charge in [-0.05, 0) is 37.3 Å². The molecule has 0 radical (unpaired) electrons. The molecule has 0 aliphatic rings. The van der Waals surface area contributed by atoms with E-state index in [0.717, 1.165) is 22.3 Å². The van der Waals surface area contributed by atoms with Gasteiger partial charge in [0.05, 0.1) is 4.92 Å². The first-order chi connectivity index (χ1) is 9.61. The minimum absolute atomic E-state index is 0.0211. The van der Waals surface area contributed by atoms with Gasteiger partial charge < -0.3 is 10.3 Å². The van der Waals surface area contributed by atoms with E-state index in [1.165, 1.54) is 12.3 Å². The second-order valence-corrected chi connectivity index (χ2v) is 4.54. The molecule has 100 valence electrons. The van der Waals surface area contributed by atoms with Gasteiger partial charge in [-0.2, -0.15) is 0 Å². The first-order valence-corrected chi connectivity index (χ1v) is 6.09. The van der Waals surface area contributed by atoms with Crippen molar-refractivity contribution in [1.82, 2.24) is 9.97 Å². The van der Waals surface area contributed by atoms with Crippen LogP contribution in [0.25, 0.3) is 10.9 Å². The van der Waals surface area contributed by atoms with E-state index in [1.807, 2.05) is 25.1 Å². The zero-order valence-corrected chi connectivity index (χ0v) is 10.8. The van der Waals surface area contributed by atoms with Crippen LogP contribution in [0.5, 0.6) is 0 Å². The second kappa shape index (κ2) is 4.65. The molecule has 0 saturated heterocycles. The number of hydrogen-bond donors (Lipinski definition) is 2. The third kappa shape index (κ3) is 2.31. The van der Waals surface area contributed by atoms with Crippen molar-refractivity contribution in [3.05, 3.63) is 58.4 Å². The quantitative estimate of drug-likeness (QED) is 0.562. The molecule has 1 aromatic carbocycles.